The lowest BCUT2D eigenvalue weighted by atomic mass is 9.92. The van der Waals surface area contributed by atoms with Crippen LogP contribution in [0.4, 0.5) is 0 Å². The van der Waals surface area contributed by atoms with Gasteiger partial charge in [-0.3, -0.25) is 4.79 Å². The third kappa shape index (κ3) is 2.06. The van der Waals surface area contributed by atoms with E-state index >= 15 is 0 Å². The van der Waals surface area contributed by atoms with Crippen molar-refractivity contribution in [1.29, 1.82) is 0 Å². The standard InChI is InChI=1S/C10H19NO2S/c1-4-6-11-10(9(12)13-3)5-7-14-8(10)2/h8,11H,4-7H2,1-3H3. The Morgan fingerprint density at radius 1 is 1.71 bits per heavy atom. The van der Waals surface area contributed by atoms with Crippen LogP contribution in [0.25, 0.3) is 0 Å². The topological polar surface area (TPSA) is 38.3 Å². The molecule has 0 aliphatic carbocycles. The van der Waals surface area contributed by atoms with Gasteiger partial charge in [0.1, 0.15) is 5.54 Å². The maximum Gasteiger partial charge on any atom is 0.327 e. The van der Waals surface area contributed by atoms with Crippen LogP contribution in [0.15, 0.2) is 0 Å². The Balaban J connectivity index is 2.73. The summed E-state index contributed by atoms with van der Waals surface area (Å²) in [5.41, 5.74) is -0.435. The van der Waals surface area contributed by atoms with E-state index in [2.05, 4.69) is 19.2 Å². The molecule has 0 saturated carbocycles. The van der Waals surface area contributed by atoms with Gasteiger partial charge >= 0.3 is 5.97 Å². The van der Waals surface area contributed by atoms with Crippen LogP contribution in [0, 0.1) is 0 Å². The summed E-state index contributed by atoms with van der Waals surface area (Å²) in [6.45, 7) is 5.07. The Labute approximate surface area is 90.0 Å². The zero-order valence-corrected chi connectivity index (χ0v) is 9.95. The van der Waals surface area contributed by atoms with E-state index in [1.807, 2.05) is 11.8 Å². The van der Waals surface area contributed by atoms with E-state index in [0.717, 1.165) is 25.1 Å². The second-order valence-corrected chi connectivity index (χ2v) is 5.10. The fourth-order valence-corrected chi connectivity index (χ4v) is 3.22. The van der Waals surface area contributed by atoms with Crippen LogP contribution >= 0.6 is 11.8 Å². The SMILES string of the molecule is CCCNC1(C(=O)OC)CCSC1C. The number of rotatable bonds is 4. The molecule has 0 aromatic carbocycles. The van der Waals surface area contributed by atoms with Crippen molar-refractivity contribution in [3.8, 4) is 0 Å². The fraction of sp³-hybridized carbons (Fsp3) is 0.900. The monoisotopic (exact) mass is 217 g/mol. The molecule has 1 aliphatic heterocycles. The van der Waals surface area contributed by atoms with Crippen LogP contribution in [0.5, 0.6) is 0 Å². The second kappa shape index (κ2) is 5.03. The molecule has 1 heterocycles. The minimum atomic E-state index is -0.435. The van der Waals surface area contributed by atoms with Crippen LogP contribution in [0.1, 0.15) is 26.7 Å². The lowest BCUT2D eigenvalue weighted by Gasteiger charge is -2.31. The number of hydrogen-bond acceptors (Lipinski definition) is 4. The Morgan fingerprint density at radius 3 is 2.86 bits per heavy atom. The largest absolute Gasteiger partial charge is 0.468 e. The van der Waals surface area contributed by atoms with Gasteiger partial charge in [0.15, 0.2) is 0 Å². The number of methoxy groups -OCH3 is 1. The quantitative estimate of drug-likeness (QED) is 0.723. The molecular formula is C10H19NO2S. The fourth-order valence-electron chi connectivity index (χ4n) is 1.84. The van der Waals surface area contributed by atoms with Crippen molar-refractivity contribution < 1.29 is 9.53 Å². The van der Waals surface area contributed by atoms with E-state index in [9.17, 15) is 4.79 Å². The highest BCUT2D eigenvalue weighted by molar-refractivity contribution is 8.00. The summed E-state index contributed by atoms with van der Waals surface area (Å²) < 4.78 is 4.89. The molecule has 1 saturated heterocycles. The highest BCUT2D eigenvalue weighted by atomic mass is 32.2. The van der Waals surface area contributed by atoms with Crippen LogP contribution in [0.3, 0.4) is 0 Å². The zero-order chi connectivity index (χ0) is 10.6. The minimum Gasteiger partial charge on any atom is -0.468 e. The third-order valence-electron chi connectivity index (χ3n) is 2.80. The molecular weight excluding hydrogens is 198 g/mol. The van der Waals surface area contributed by atoms with E-state index in [-0.39, 0.29) is 5.97 Å². The molecule has 1 fully saturated rings. The van der Waals surface area contributed by atoms with Crippen molar-refractivity contribution in [3.63, 3.8) is 0 Å². The predicted octanol–water partition coefficient (Wildman–Crippen LogP) is 1.42. The van der Waals surface area contributed by atoms with Crippen molar-refractivity contribution in [1.82, 2.24) is 5.32 Å². The summed E-state index contributed by atoms with van der Waals surface area (Å²) in [6, 6.07) is 0. The number of carbonyl (C=O) groups excluding carboxylic acids is 1. The summed E-state index contributed by atoms with van der Waals surface area (Å²) in [5.74, 6) is 0.927. The highest BCUT2D eigenvalue weighted by Crippen LogP contribution is 2.36. The van der Waals surface area contributed by atoms with E-state index in [4.69, 9.17) is 4.74 Å². The van der Waals surface area contributed by atoms with Gasteiger partial charge in [0, 0.05) is 5.25 Å². The molecule has 14 heavy (non-hydrogen) atoms. The minimum absolute atomic E-state index is 0.108. The first-order valence-corrected chi connectivity index (χ1v) is 6.17. The summed E-state index contributed by atoms with van der Waals surface area (Å²) in [4.78, 5) is 11.8. The Kier molecular flexibility index (Phi) is 4.26. The summed E-state index contributed by atoms with van der Waals surface area (Å²) in [6.07, 6.45) is 1.92. The van der Waals surface area contributed by atoms with Gasteiger partial charge in [-0.25, -0.2) is 0 Å². The first kappa shape index (κ1) is 11.9. The number of hydrogen-bond donors (Lipinski definition) is 1. The lowest BCUT2D eigenvalue weighted by molar-refractivity contribution is -0.148. The summed E-state index contributed by atoms with van der Waals surface area (Å²) >= 11 is 1.83. The molecule has 0 aromatic heterocycles. The first-order chi connectivity index (χ1) is 6.67. The van der Waals surface area contributed by atoms with Gasteiger partial charge in [0.25, 0.3) is 0 Å². The summed E-state index contributed by atoms with van der Waals surface area (Å²) in [5, 5.41) is 3.66. The Bertz CT molecular complexity index is 210. The number of ether oxygens (including phenoxy) is 1. The lowest BCUT2D eigenvalue weighted by Crippen LogP contribution is -2.56. The van der Waals surface area contributed by atoms with Crippen molar-refractivity contribution in [2.75, 3.05) is 19.4 Å². The zero-order valence-electron chi connectivity index (χ0n) is 9.13. The molecule has 0 spiro atoms. The van der Waals surface area contributed by atoms with Crippen molar-refractivity contribution in [2.24, 2.45) is 0 Å². The van der Waals surface area contributed by atoms with E-state index in [1.165, 1.54) is 7.11 Å². The molecule has 3 nitrogen and oxygen atoms in total. The van der Waals surface area contributed by atoms with E-state index < -0.39 is 5.54 Å². The van der Waals surface area contributed by atoms with Crippen LogP contribution < -0.4 is 5.32 Å². The first-order valence-electron chi connectivity index (χ1n) is 5.12. The average Bonchev–Trinajstić information content (AvgIpc) is 2.57. The maximum absolute atomic E-state index is 11.8. The molecule has 0 radical (unpaired) electrons. The van der Waals surface area contributed by atoms with Gasteiger partial charge in [-0.1, -0.05) is 13.8 Å². The smallest absolute Gasteiger partial charge is 0.327 e. The predicted molar refractivity (Wildman–Crippen MR) is 59.6 cm³/mol. The van der Waals surface area contributed by atoms with Crippen molar-refractivity contribution in [2.45, 2.75) is 37.5 Å². The Hall–Kier alpha value is -0.220. The average molecular weight is 217 g/mol. The number of thioether (sulfide) groups is 1. The normalized spacial score (nSPS) is 31.8. The molecule has 2 unspecified atom stereocenters. The van der Waals surface area contributed by atoms with Gasteiger partial charge in [0.2, 0.25) is 0 Å². The van der Waals surface area contributed by atoms with Crippen LogP contribution in [0.2, 0.25) is 0 Å². The van der Waals surface area contributed by atoms with Gasteiger partial charge in [0.05, 0.1) is 7.11 Å². The number of nitrogens with one attached hydrogen (secondary N) is 1. The van der Waals surface area contributed by atoms with Crippen molar-refractivity contribution >= 4 is 17.7 Å². The van der Waals surface area contributed by atoms with Crippen LogP contribution in [-0.2, 0) is 9.53 Å². The molecule has 1 N–H and O–H groups in total. The molecule has 1 aliphatic rings. The molecule has 2 atom stereocenters. The third-order valence-corrected chi connectivity index (χ3v) is 4.14. The second-order valence-electron chi connectivity index (χ2n) is 3.65. The van der Waals surface area contributed by atoms with Gasteiger partial charge in [-0.2, -0.15) is 11.8 Å². The molecule has 0 bridgehead atoms. The molecule has 0 aromatic rings. The number of esters is 1. The molecule has 0 amide bonds. The maximum atomic E-state index is 11.8. The molecule has 1 rings (SSSR count). The number of carbonyl (C=O) groups is 1. The van der Waals surface area contributed by atoms with E-state index in [0.29, 0.717) is 5.25 Å². The van der Waals surface area contributed by atoms with Crippen molar-refractivity contribution in [3.05, 3.63) is 0 Å². The van der Waals surface area contributed by atoms with Crippen LogP contribution in [-0.4, -0.2) is 36.2 Å². The van der Waals surface area contributed by atoms with Gasteiger partial charge < -0.3 is 10.1 Å². The molecule has 4 heteroatoms. The van der Waals surface area contributed by atoms with Gasteiger partial charge in [-0.15, -0.1) is 0 Å². The summed E-state index contributed by atoms with van der Waals surface area (Å²) in [7, 11) is 1.47. The Morgan fingerprint density at radius 2 is 2.43 bits per heavy atom. The highest BCUT2D eigenvalue weighted by Gasteiger charge is 2.47. The van der Waals surface area contributed by atoms with E-state index in [1.54, 1.807) is 0 Å². The van der Waals surface area contributed by atoms with Gasteiger partial charge in [-0.05, 0) is 25.1 Å². The molecule has 82 valence electrons.